The van der Waals surface area contributed by atoms with E-state index in [0.717, 1.165) is 0 Å². The Kier molecular flexibility index (Phi) is 9.20. The zero-order valence-corrected chi connectivity index (χ0v) is 23.9. The van der Waals surface area contributed by atoms with E-state index in [-0.39, 0.29) is 24.6 Å². The summed E-state index contributed by atoms with van der Waals surface area (Å²) in [6.07, 6.45) is 8.20. The molecule has 43 heavy (non-hydrogen) atoms. The van der Waals surface area contributed by atoms with Crippen LogP contribution in [0.2, 0.25) is 0 Å². The van der Waals surface area contributed by atoms with E-state index in [1.165, 1.54) is 6.20 Å². The normalized spacial score (nSPS) is 17.0. The Morgan fingerprint density at radius 1 is 1.09 bits per heavy atom. The maximum Gasteiger partial charge on any atom is 0.276 e. The molecule has 0 aliphatic carbocycles. The smallest absolute Gasteiger partial charge is 0.276 e. The van der Waals surface area contributed by atoms with Crippen LogP contribution in [-0.4, -0.2) is 98.9 Å². The first-order valence-corrected chi connectivity index (χ1v) is 13.7. The number of anilines is 1. The van der Waals surface area contributed by atoms with Crippen LogP contribution in [0, 0.1) is 0 Å². The molecule has 14 nitrogen and oxygen atoms in total. The number of carbonyl (C=O) groups excluding carboxylic acids is 2. The molecule has 14 heteroatoms. The van der Waals surface area contributed by atoms with E-state index in [1.807, 2.05) is 35.7 Å². The minimum absolute atomic E-state index is 0.147. The van der Waals surface area contributed by atoms with Gasteiger partial charge in [-0.25, -0.2) is 25.4 Å². The van der Waals surface area contributed by atoms with Gasteiger partial charge >= 0.3 is 0 Å². The minimum Gasteiger partial charge on any atom is -0.395 e. The fourth-order valence-corrected chi connectivity index (χ4v) is 4.67. The third kappa shape index (κ3) is 6.61. The highest BCUT2D eigenvalue weighted by atomic mass is 16.5. The fourth-order valence-electron chi connectivity index (χ4n) is 4.67. The maximum atomic E-state index is 12.6. The number of aryl methyl sites for hydroxylation is 1. The highest BCUT2D eigenvalue weighted by Crippen LogP contribution is 2.29. The summed E-state index contributed by atoms with van der Waals surface area (Å²) >= 11 is 0. The Hall–Kier alpha value is -4.92. The number of rotatable bonds is 8. The molecule has 0 atom stereocenters. The lowest BCUT2D eigenvalue weighted by molar-refractivity contribution is -0.124. The number of benzene rings is 1. The quantitative estimate of drug-likeness (QED) is 0.220. The predicted molar refractivity (Wildman–Crippen MR) is 159 cm³/mol. The van der Waals surface area contributed by atoms with Crippen molar-refractivity contribution in [2.75, 3.05) is 51.4 Å². The number of aliphatic imine (C=N–C) groups is 1. The number of aliphatic hydroxyl groups excluding tert-OH is 1. The Labute approximate surface area is 247 Å². The molecule has 1 aromatic carbocycles. The molecule has 0 saturated carbocycles. The van der Waals surface area contributed by atoms with Crippen LogP contribution in [0.1, 0.15) is 16.2 Å². The Morgan fingerprint density at radius 3 is 2.65 bits per heavy atom. The molecule has 4 N–H and O–H groups in total. The number of ether oxygens (including phenoxy) is 1. The third-order valence-electron chi connectivity index (χ3n) is 6.99. The van der Waals surface area contributed by atoms with Gasteiger partial charge < -0.3 is 29.5 Å². The SMILES string of the molecule is CN(Cc1nc2c(N3CCOCC3)nc(-c3cccc(C(=O)NCCO)c3)nc2n1C)C1=N/C=C(C(=O)NO)\C=C\C=C1. The van der Waals surface area contributed by atoms with Crippen LogP contribution in [0.15, 0.2) is 65.3 Å². The lowest BCUT2D eigenvalue weighted by atomic mass is 10.1. The average molecular weight is 588 g/mol. The second kappa shape index (κ2) is 13.4. The molecule has 2 aliphatic rings. The minimum atomic E-state index is -0.658. The van der Waals surface area contributed by atoms with E-state index in [1.54, 1.807) is 41.9 Å². The molecule has 4 heterocycles. The van der Waals surface area contributed by atoms with Crippen LogP contribution in [0.5, 0.6) is 0 Å². The van der Waals surface area contributed by atoms with Gasteiger partial charge in [0.2, 0.25) is 0 Å². The van der Waals surface area contributed by atoms with Gasteiger partial charge in [-0.2, -0.15) is 0 Å². The first-order valence-electron chi connectivity index (χ1n) is 13.7. The molecule has 2 amide bonds. The van der Waals surface area contributed by atoms with Crippen LogP contribution < -0.4 is 15.7 Å². The number of amidine groups is 1. The fraction of sp³-hybridized carbons (Fsp3) is 0.310. The molecular weight excluding hydrogens is 554 g/mol. The number of imidazole rings is 1. The van der Waals surface area contributed by atoms with E-state index < -0.39 is 5.91 Å². The van der Waals surface area contributed by atoms with Gasteiger partial charge in [-0.05, 0) is 24.3 Å². The number of aliphatic hydroxyl groups is 1. The predicted octanol–water partition coefficient (Wildman–Crippen LogP) is 0.935. The van der Waals surface area contributed by atoms with Crippen LogP contribution in [0.3, 0.4) is 0 Å². The lowest BCUT2D eigenvalue weighted by Crippen LogP contribution is -2.37. The number of likely N-dealkylation sites (N-methyl/N-ethyl adjacent to an activating group) is 1. The number of aromatic nitrogens is 4. The van der Waals surface area contributed by atoms with E-state index in [0.29, 0.717) is 78.4 Å². The summed E-state index contributed by atoms with van der Waals surface area (Å²) in [7, 11) is 3.75. The van der Waals surface area contributed by atoms with Crippen LogP contribution in [0.25, 0.3) is 22.6 Å². The van der Waals surface area contributed by atoms with Gasteiger partial charge in [0.1, 0.15) is 11.7 Å². The molecule has 0 spiro atoms. The summed E-state index contributed by atoms with van der Waals surface area (Å²) in [5.74, 6) is 1.47. The molecule has 5 rings (SSSR count). The number of morpholine rings is 1. The van der Waals surface area contributed by atoms with Crippen molar-refractivity contribution in [2.24, 2.45) is 12.0 Å². The molecule has 2 aliphatic heterocycles. The van der Waals surface area contributed by atoms with Gasteiger partial charge in [0.15, 0.2) is 22.8 Å². The van der Waals surface area contributed by atoms with E-state index in [9.17, 15) is 9.59 Å². The Bertz CT molecular complexity index is 1640. The summed E-state index contributed by atoms with van der Waals surface area (Å²) in [6.45, 7) is 2.80. The topological polar surface area (TPSA) is 170 Å². The van der Waals surface area contributed by atoms with Gasteiger partial charge in [-0.3, -0.25) is 14.8 Å². The highest BCUT2D eigenvalue weighted by Gasteiger charge is 2.23. The third-order valence-corrected chi connectivity index (χ3v) is 6.99. The van der Waals surface area contributed by atoms with Crippen LogP contribution in [-0.2, 0) is 23.1 Å². The largest absolute Gasteiger partial charge is 0.395 e. The van der Waals surface area contributed by atoms with Gasteiger partial charge in [-0.15, -0.1) is 0 Å². The van der Waals surface area contributed by atoms with Crippen molar-refractivity contribution in [2.45, 2.75) is 6.54 Å². The van der Waals surface area contributed by atoms with E-state index in [4.69, 9.17) is 30.0 Å². The van der Waals surface area contributed by atoms with Crippen LogP contribution >= 0.6 is 0 Å². The van der Waals surface area contributed by atoms with Crippen molar-refractivity contribution >= 4 is 34.6 Å². The lowest BCUT2D eigenvalue weighted by Gasteiger charge is -2.28. The van der Waals surface area contributed by atoms with E-state index in [2.05, 4.69) is 15.2 Å². The zero-order valence-electron chi connectivity index (χ0n) is 23.9. The monoisotopic (exact) mass is 587 g/mol. The first kappa shape index (κ1) is 29.6. The number of fused-ring (bicyclic) bond motifs is 1. The van der Waals surface area contributed by atoms with Gasteiger partial charge in [-0.1, -0.05) is 24.3 Å². The first-order chi connectivity index (χ1) is 20.9. The zero-order chi connectivity index (χ0) is 30.3. The molecule has 3 aromatic rings. The maximum absolute atomic E-state index is 12.6. The second-order valence-electron chi connectivity index (χ2n) is 9.88. The highest BCUT2D eigenvalue weighted by molar-refractivity contribution is 5.98. The number of hydroxylamine groups is 1. The van der Waals surface area contributed by atoms with Crippen molar-refractivity contribution in [3.8, 4) is 11.4 Å². The number of hydrogen-bond acceptors (Lipinski definition) is 11. The summed E-state index contributed by atoms with van der Waals surface area (Å²) < 4.78 is 7.48. The number of carbonyl (C=O) groups is 2. The van der Waals surface area contributed by atoms with Gasteiger partial charge in [0, 0.05) is 51.1 Å². The molecule has 0 unspecified atom stereocenters. The Morgan fingerprint density at radius 2 is 1.88 bits per heavy atom. The molecule has 1 fully saturated rings. The van der Waals surface area contributed by atoms with Crippen LogP contribution in [0.4, 0.5) is 5.82 Å². The summed E-state index contributed by atoms with van der Waals surface area (Å²) in [6, 6.07) is 7.06. The van der Waals surface area contributed by atoms with Crippen molar-refractivity contribution in [3.05, 3.63) is 71.7 Å². The molecule has 0 bridgehead atoms. The molecule has 2 aromatic heterocycles. The number of amides is 2. The molecule has 224 valence electrons. The summed E-state index contributed by atoms with van der Waals surface area (Å²) in [4.78, 5) is 47.6. The van der Waals surface area contributed by atoms with Crippen molar-refractivity contribution in [1.82, 2.24) is 35.2 Å². The second-order valence-corrected chi connectivity index (χ2v) is 9.88. The molecular formula is C29H33N9O5. The Balaban J connectivity index is 1.52. The number of allylic oxidation sites excluding steroid dienone is 2. The average Bonchev–Trinajstić information content (AvgIpc) is 3.33. The summed E-state index contributed by atoms with van der Waals surface area (Å²) in [5.41, 5.74) is 4.21. The standard InChI is InChI=1S/C29H33N9O5/c1-36(22-9-4-3-6-21(17-31-22)29(41)35-42)18-23-32-24-26(37(23)2)33-25(34-27(24)38-11-14-43-15-12-38)19-7-5-8-20(16-19)28(40)30-10-13-39/h3-9,16-17,39,42H,10-15,18H2,1-2H3,(H,30,40)(H,35,41)/b4-3?,6-3+,9-4?,21-6?,21-17+,22-9?,31-17?,31-22?. The molecule has 0 radical (unpaired) electrons. The van der Waals surface area contributed by atoms with Gasteiger partial charge in [0.25, 0.3) is 11.8 Å². The van der Waals surface area contributed by atoms with E-state index >= 15 is 0 Å². The number of hydrogen-bond donors (Lipinski definition) is 4. The summed E-state index contributed by atoms with van der Waals surface area (Å²) in [5, 5.41) is 20.7. The number of nitrogens with zero attached hydrogens (tertiary/aromatic N) is 7. The van der Waals surface area contributed by atoms with Gasteiger partial charge in [0.05, 0.1) is 31.9 Å². The van der Waals surface area contributed by atoms with Crippen molar-refractivity contribution in [1.29, 1.82) is 0 Å². The van der Waals surface area contributed by atoms with Crippen molar-refractivity contribution < 1.29 is 24.6 Å². The van der Waals surface area contributed by atoms with Crippen molar-refractivity contribution in [3.63, 3.8) is 0 Å². The number of nitrogens with one attached hydrogen (secondary N) is 2. The molecule has 1 saturated heterocycles.